The Hall–Kier alpha value is -1.63. The van der Waals surface area contributed by atoms with Crippen molar-refractivity contribution >= 4 is 29.2 Å². The number of benzene rings is 1. The van der Waals surface area contributed by atoms with Gasteiger partial charge in [0.1, 0.15) is 0 Å². The fourth-order valence-corrected chi connectivity index (χ4v) is 2.64. The van der Waals surface area contributed by atoms with Gasteiger partial charge < -0.3 is 0 Å². The van der Waals surface area contributed by atoms with E-state index < -0.39 is 5.69 Å². The molecular weight excluding hydrogens is 325 g/mol. The standard InChI is InChI=1S/C14H17Cl2N5O/c1-3-8-21(17)13-18-12(20(4-2)14(22)19-13)11-9(15)6-5-7-10(11)16/h5-7H,3-4,8,17H2,1-2H3. The van der Waals surface area contributed by atoms with Crippen LogP contribution in [0.15, 0.2) is 23.0 Å². The number of nitrogens with zero attached hydrogens (tertiary/aromatic N) is 4. The Kier molecular flexibility index (Phi) is 5.39. The van der Waals surface area contributed by atoms with Crippen LogP contribution in [0.3, 0.4) is 0 Å². The second kappa shape index (κ2) is 7.09. The first kappa shape index (κ1) is 16.7. The lowest BCUT2D eigenvalue weighted by molar-refractivity contribution is 0.669. The molecule has 1 heterocycles. The van der Waals surface area contributed by atoms with Crippen LogP contribution < -0.4 is 16.5 Å². The van der Waals surface area contributed by atoms with E-state index in [1.807, 2.05) is 13.8 Å². The molecule has 0 radical (unpaired) electrons. The minimum Gasteiger partial charge on any atom is -0.279 e. The fraction of sp³-hybridized carbons (Fsp3) is 0.357. The Bertz CT molecular complexity index is 711. The van der Waals surface area contributed by atoms with Gasteiger partial charge in [0.2, 0.25) is 5.95 Å². The van der Waals surface area contributed by atoms with Gasteiger partial charge in [-0.1, -0.05) is 36.2 Å². The van der Waals surface area contributed by atoms with E-state index in [1.54, 1.807) is 18.2 Å². The molecule has 0 bridgehead atoms. The zero-order valence-electron chi connectivity index (χ0n) is 12.4. The number of anilines is 1. The first-order chi connectivity index (χ1) is 10.5. The third kappa shape index (κ3) is 3.24. The Morgan fingerprint density at radius 2 is 1.86 bits per heavy atom. The molecule has 0 saturated heterocycles. The van der Waals surface area contributed by atoms with E-state index >= 15 is 0 Å². The Labute approximate surface area is 138 Å². The van der Waals surface area contributed by atoms with E-state index in [0.29, 0.717) is 34.5 Å². The third-order valence-corrected chi connectivity index (χ3v) is 3.74. The van der Waals surface area contributed by atoms with E-state index in [9.17, 15) is 4.79 Å². The molecule has 0 atom stereocenters. The number of rotatable bonds is 5. The highest BCUT2D eigenvalue weighted by Crippen LogP contribution is 2.33. The van der Waals surface area contributed by atoms with Gasteiger partial charge in [-0.25, -0.2) is 10.6 Å². The summed E-state index contributed by atoms with van der Waals surface area (Å²) in [5.74, 6) is 6.40. The lowest BCUT2D eigenvalue weighted by atomic mass is 10.2. The van der Waals surface area contributed by atoms with Crippen LogP contribution in [0.25, 0.3) is 11.4 Å². The summed E-state index contributed by atoms with van der Waals surface area (Å²) >= 11 is 12.5. The van der Waals surface area contributed by atoms with E-state index in [2.05, 4.69) is 9.97 Å². The van der Waals surface area contributed by atoms with Crippen molar-refractivity contribution in [2.75, 3.05) is 11.6 Å². The molecule has 2 aromatic rings. The maximum Gasteiger partial charge on any atom is 0.352 e. The highest BCUT2D eigenvalue weighted by Gasteiger charge is 2.18. The Morgan fingerprint density at radius 3 is 2.41 bits per heavy atom. The molecule has 0 amide bonds. The molecule has 2 rings (SSSR count). The maximum atomic E-state index is 12.2. The quantitative estimate of drug-likeness (QED) is 0.668. The van der Waals surface area contributed by atoms with Crippen LogP contribution in [0, 0.1) is 0 Å². The van der Waals surface area contributed by atoms with Crippen molar-refractivity contribution in [2.45, 2.75) is 26.8 Å². The van der Waals surface area contributed by atoms with E-state index in [-0.39, 0.29) is 5.95 Å². The molecule has 1 aromatic carbocycles. The molecule has 6 nitrogen and oxygen atoms in total. The minimum absolute atomic E-state index is 0.155. The van der Waals surface area contributed by atoms with Gasteiger partial charge in [-0.3, -0.25) is 9.58 Å². The van der Waals surface area contributed by atoms with Crippen LogP contribution in [0.1, 0.15) is 20.3 Å². The summed E-state index contributed by atoms with van der Waals surface area (Å²) < 4.78 is 1.41. The van der Waals surface area contributed by atoms with Gasteiger partial charge in [-0.05, 0) is 25.5 Å². The highest BCUT2D eigenvalue weighted by molar-refractivity contribution is 6.39. The number of aromatic nitrogens is 3. The lowest BCUT2D eigenvalue weighted by Gasteiger charge is -2.18. The van der Waals surface area contributed by atoms with Crippen LogP contribution in [0.5, 0.6) is 0 Å². The highest BCUT2D eigenvalue weighted by atomic mass is 35.5. The SMILES string of the molecule is CCCN(N)c1nc(-c2c(Cl)cccc2Cl)n(CC)c(=O)n1. The summed E-state index contributed by atoms with van der Waals surface area (Å²) in [5, 5.41) is 2.17. The van der Waals surface area contributed by atoms with Crippen LogP contribution in [-0.2, 0) is 6.54 Å². The predicted octanol–water partition coefficient (Wildman–Crippen LogP) is 2.72. The molecule has 0 aliphatic rings. The molecular formula is C14H17Cl2N5O. The first-order valence-electron chi connectivity index (χ1n) is 6.95. The maximum absolute atomic E-state index is 12.2. The van der Waals surface area contributed by atoms with Gasteiger partial charge in [0.25, 0.3) is 0 Å². The number of halogens is 2. The first-order valence-corrected chi connectivity index (χ1v) is 7.70. The van der Waals surface area contributed by atoms with Gasteiger partial charge in [-0.2, -0.15) is 9.97 Å². The van der Waals surface area contributed by atoms with Crippen molar-refractivity contribution in [3.63, 3.8) is 0 Å². The average molecular weight is 342 g/mol. The molecule has 0 spiro atoms. The Balaban J connectivity index is 2.70. The molecule has 2 N–H and O–H groups in total. The smallest absolute Gasteiger partial charge is 0.279 e. The van der Waals surface area contributed by atoms with Gasteiger partial charge in [0, 0.05) is 13.1 Å². The summed E-state index contributed by atoms with van der Waals surface area (Å²) in [7, 11) is 0. The van der Waals surface area contributed by atoms with Crippen LogP contribution in [0.2, 0.25) is 10.0 Å². The van der Waals surface area contributed by atoms with Crippen molar-refractivity contribution in [1.82, 2.24) is 14.5 Å². The van der Waals surface area contributed by atoms with Crippen molar-refractivity contribution < 1.29 is 0 Å². The van der Waals surface area contributed by atoms with Gasteiger partial charge in [0.15, 0.2) is 5.82 Å². The fourth-order valence-electron chi connectivity index (χ4n) is 2.07. The molecule has 22 heavy (non-hydrogen) atoms. The normalized spacial score (nSPS) is 10.8. The van der Waals surface area contributed by atoms with Crippen LogP contribution in [0.4, 0.5) is 5.95 Å². The van der Waals surface area contributed by atoms with Gasteiger partial charge >= 0.3 is 5.69 Å². The molecule has 118 valence electrons. The number of hydrazine groups is 1. The zero-order chi connectivity index (χ0) is 16.3. The third-order valence-electron chi connectivity index (χ3n) is 3.11. The van der Waals surface area contributed by atoms with Crippen molar-refractivity contribution in [1.29, 1.82) is 0 Å². The van der Waals surface area contributed by atoms with E-state index in [0.717, 1.165) is 6.42 Å². The van der Waals surface area contributed by atoms with E-state index in [4.69, 9.17) is 29.0 Å². The molecule has 8 heteroatoms. The lowest BCUT2D eigenvalue weighted by Crippen LogP contribution is -2.37. The minimum atomic E-state index is -0.440. The summed E-state index contributed by atoms with van der Waals surface area (Å²) in [4.78, 5) is 20.6. The zero-order valence-corrected chi connectivity index (χ0v) is 13.9. The van der Waals surface area contributed by atoms with Crippen molar-refractivity contribution in [3.8, 4) is 11.4 Å². The van der Waals surface area contributed by atoms with Crippen molar-refractivity contribution in [3.05, 3.63) is 38.7 Å². The molecule has 1 aromatic heterocycles. The number of nitrogens with two attached hydrogens (primary N) is 1. The largest absolute Gasteiger partial charge is 0.352 e. The summed E-state index contributed by atoms with van der Waals surface area (Å²) in [6.45, 7) is 4.73. The van der Waals surface area contributed by atoms with E-state index in [1.165, 1.54) is 9.58 Å². The molecule has 0 aliphatic carbocycles. The Morgan fingerprint density at radius 1 is 1.23 bits per heavy atom. The second-order valence-electron chi connectivity index (χ2n) is 4.66. The summed E-state index contributed by atoms with van der Waals surface area (Å²) in [5.41, 5.74) is 0.0587. The second-order valence-corrected chi connectivity index (χ2v) is 5.48. The predicted molar refractivity (Wildman–Crippen MR) is 89.2 cm³/mol. The molecule has 0 aliphatic heterocycles. The number of hydrogen-bond acceptors (Lipinski definition) is 5. The summed E-state index contributed by atoms with van der Waals surface area (Å²) in [6, 6.07) is 5.12. The molecule has 0 fully saturated rings. The molecule has 0 saturated carbocycles. The van der Waals surface area contributed by atoms with Crippen LogP contribution >= 0.6 is 23.2 Å². The molecule has 0 unspecified atom stereocenters. The van der Waals surface area contributed by atoms with Crippen LogP contribution in [-0.4, -0.2) is 21.1 Å². The topological polar surface area (TPSA) is 77.0 Å². The van der Waals surface area contributed by atoms with Gasteiger partial charge in [0.05, 0.1) is 15.6 Å². The monoisotopic (exact) mass is 341 g/mol. The summed E-state index contributed by atoms with van der Waals surface area (Å²) in [6.07, 6.45) is 0.804. The number of hydrogen-bond donors (Lipinski definition) is 1. The van der Waals surface area contributed by atoms with Gasteiger partial charge in [-0.15, -0.1) is 0 Å². The average Bonchev–Trinajstić information content (AvgIpc) is 2.47. The van der Waals surface area contributed by atoms with Crippen molar-refractivity contribution in [2.24, 2.45) is 5.84 Å².